The Kier molecular flexibility index (Phi) is 3.79. The molecular weight excluding hydrogens is 332 g/mol. The standard InChI is InChI=1S/C16H16N2O3S2/c1-10-5-14(18(8-10)16-6-11(2)9-22-16)13-4-3-12(17)7-15(13)23(19,20)21/h3-9H,17H2,1-2H3,(H,19,20,21). The third kappa shape index (κ3) is 3.03. The molecule has 2 heterocycles. The molecule has 0 fully saturated rings. The molecule has 5 nitrogen and oxygen atoms in total. The summed E-state index contributed by atoms with van der Waals surface area (Å²) in [6, 6.07) is 8.42. The minimum atomic E-state index is -4.38. The summed E-state index contributed by atoms with van der Waals surface area (Å²) < 4.78 is 34.9. The second-order valence-corrected chi connectivity index (χ2v) is 7.75. The monoisotopic (exact) mass is 348 g/mol. The topological polar surface area (TPSA) is 85.3 Å². The van der Waals surface area contributed by atoms with Crippen molar-refractivity contribution in [2.75, 3.05) is 5.73 Å². The average molecular weight is 348 g/mol. The van der Waals surface area contributed by atoms with Gasteiger partial charge in [-0.2, -0.15) is 8.42 Å². The number of hydrogen-bond donors (Lipinski definition) is 2. The maximum atomic E-state index is 11.7. The van der Waals surface area contributed by atoms with Gasteiger partial charge in [-0.05, 0) is 60.7 Å². The molecule has 7 heteroatoms. The lowest BCUT2D eigenvalue weighted by Crippen LogP contribution is -2.04. The largest absolute Gasteiger partial charge is 0.399 e. The van der Waals surface area contributed by atoms with Gasteiger partial charge in [0.2, 0.25) is 0 Å². The van der Waals surface area contributed by atoms with E-state index in [4.69, 9.17) is 5.73 Å². The molecule has 2 aromatic heterocycles. The van der Waals surface area contributed by atoms with E-state index in [0.717, 1.165) is 16.1 Å². The van der Waals surface area contributed by atoms with Gasteiger partial charge in [0.25, 0.3) is 10.1 Å². The molecule has 3 N–H and O–H groups in total. The first-order chi connectivity index (χ1) is 10.8. The van der Waals surface area contributed by atoms with Crippen molar-refractivity contribution in [1.82, 2.24) is 4.57 Å². The van der Waals surface area contributed by atoms with Gasteiger partial charge in [0.05, 0.1) is 10.7 Å². The Morgan fingerprint density at radius 1 is 1.13 bits per heavy atom. The van der Waals surface area contributed by atoms with Gasteiger partial charge in [-0.15, -0.1) is 11.3 Å². The maximum absolute atomic E-state index is 11.7. The summed E-state index contributed by atoms with van der Waals surface area (Å²) >= 11 is 1.57. The van der Waals surface area contributed by atoms with Crippen LogP contribution in [0.1, 0.15) is 11.1 Å². The normalized spacial score (nSPS) is 11.8. The van der Waals surface area contributed by atoms with E-state index >= 15 is 0 Å². The van der Waals surface area contributed by atoms with Gasteiger partial charge in [0.15, 0.2) is 0 Å². The molecule has 0 aliphatic rings. The molecule has 0 spiro atoms. The van der Waals surface area contributed by atoms with Crippen LogP contribution >= 0.6 is 11.3 Å². The number of thiophene rings is 1. The zero-order chi connectivity index (χ0) is 16.8. The molecule has 0 unspecified atom stereocenters. The highest BCUT2D eigenvalue weighted by Crippen LogP contribution is 2.33. The first-order valence-electron chi connectivity index (χ1n) is 6.87. The highest BCUT2D eigenvalue weighted by Gasteiger charge is 2.20. The van der Waals surface area contributed by atoms with E-state index in [1.165, 1.54) is 6.07 Å². The number of nitrogens with two attached hydrogens (primary N) is 1. The molecule has 3 rings (SSSR count). The van der Waals surface area contributed by atoms with Crippen LogP contribution in [0.2, 0.25) is 0 Å². The van der Waals surface area contributed by atoms with Gasteiger partial charge in [-0.1, -0.05) is 0 Å². The van der Waals surface area contributed by atoms with Crippen molar-refractivity contribution in [1.29, 1.82) is 0 Å². The van der Waals surface area contributed by atoms with E-state index in [2.05, 4.69) is 0 Å². The predicted molar refractivity (Wildman–Crippen MR) is 92.8 cm³/mol. The van der Waals surface area contributed by atoms with Crippen LogP contribution in [0.25, 0.3) is 16.3 Å². The molecule has 0 amide bonds. The highest BCUT2D eigenvalue weighted by atomic mass is 32.2. The first-order valence-corrected chi connectivity index (χ1v) is 9.19. The predicted octanol–water partition coefficient (Wildman–Crippen LogP) is 3.65. The van der Waals surface area contributed by atoms with Crippen molar-refractivity contribution in [3.05, 3.63) is 53.0 Å². The van der Waals surface area contributed by atoms with E-state index in [-0.39, 0.29) is 10.6 Å². The summed E-state index contributed by atoms with van der Waals surface area (Å²) in [5.74, 6) is 0. The van der Waals surface area contributed by atoms with Crippen molar-refractivity contribution in [2.45, 2.75) is 18.7 Å². The summed E-state index contributed by atoms with van der Waals surface area (Å²) in [5.41, 5.74) is 9.19. The maximum Gasteiger partial charge on any atom is 0.295 e. The molecule has 120 valence electrons. The number of anilines is 1. The van der Waals surface area contributed by atoms with Crippen molar-refractivity contribution < 1.29 is 13.0 Å². The fourth-order valence-electron chi connectivity index (χ4n) is 2.49. The summed E-state index contributed by atoms with van der Waals surface area (Å²) in [6.07, 6.45) is 1.94. The van der Waals surface area contributed by atoms with Crippen LogP contribution in [0, 0.1) is 13.8 Å². The van der Waals surface area contributed by atoms with Gasteiger partial charge >= 0.3 is 0 Å². The van der Waals surface area contributed by atoms with Crippen LogP contribution in [-0.4, -0.2) is 17.5 Å². The number of aryl methyl sites for hydroxylation is 2. The summed E-state index contributed by atoms with van der Waals surface area (Å²) in [5, 5.41) is 3.00. The Hall–Kier alpha value is -2.09. The lowest BCUT2D eigenvalue weighted by Gasteiger charge is -2.11. The molecule has 0 bridgehead atoms. The zero-order valence-corrected chi connectivity index (χ0v) is 14.3. The molecule has 0 aliphatic carbocycles. The van der Waals surface area contributed by atoms with Gasteiger partial charge in [0.1, 0.15) is 4.90 Å². The van der Waals surface area contributed by atoms with Crippen molar-refractivity contribution in [3.63, 3.8) is 0 Å². The van der Waals surface area contributed by atoms with Crippen LogP contribution in [0.3, 0.4) is 0 Å². The van der Waals surface area contributed by atoms with Gasteiger partial charge < -0.3 is 10.3 Å². The Morgan fingerprint density at radius 2 is 1.87 bits per heavy atom. The molecule has 0 radical (unpaired) electrons. The van der Waals surface area contributed by atoms with Gasteiger partial charge in [-0.25, -0.2) is 0 Å². The van der Waals surface area contributed by atoms with E-state index in [0.29, 0.717) is 11.3 Å². The lowest BCUT2D eigenvalue weighted by atomic mass is 10.1. The SMILES string of the molecule is Cc1csc(-n2cc(C)cc2-c2ccc(N)cc2S(=O)(=O)O)c1. The van der Waals surface area contributed by atoms with E-state index in [1.807, 2.05) is 42.1 Å². The Labute approximate surface area is 138 Å². The minimum Gasteiger partial charge on any atom is -0.399 e. The fourth-order valence-corrected chi connectivity index (χ4v) is 4.12. The third-order valence-corrected chi connectivity index (χ3v) is 5.41. The minimum absolute atomic E-state index is 0.190. The van der Waals surface area contributed by atoms with Crippen LogP contribution in [-0.2, 0) is 10.1 Å². The molecule has 0 saturated heterocycles. The summed E-state index contributed by atoms with van der Waals surface area (Å²) in [4.78, 5) is -0.190. The van der Waals surface area contributed by atoms with E-state index in [9.17, 15) is 13.0 Å². The molecule has 3 aromatic rings. The molecule has 0 atom stereocenters. The van der Waals surface area contributed by atoms with Crippen LogP contribution < -0.4 is 5.73 Å². The van der Waals surface area contributed by atoms with Gasteiger partial charge in [0, 0.05) is 17.4 Å². The van der Waals surface area contributed by atoms with Gasteiger partial charge in [-0.3, -0.25) is 4.55 Å². The quantitative estimate of drug-likeness (QED) is 0.559. The highest BCUT2D eigenvalue weighted by molar-refractivity contribution is 7.86. The Morgan fingerprint density at radius 3 is 2.48 bits per heavy atom. The molecule has 0 aliphatic heterocycles. The molecule has 1 aromatic carbocycles. The van der Waals surface area contributed by atoms with Crippen LogP contribution in [0.4, 0.5) is 5.69 Å². The zero-order valence-electron chi connectivity index (χ0n) is 12.6. The number of aromatic nitrogens is 1. The number of nitrogens with zero attached hydrogens (tertiary/aromatic N) is 1. The second-order valence-electron chi connectivity index (χ2n) is 5.47. The van der Waals surface area contributed by atoms with Crippen molar-refractivity contribution in [3.8, 4) is 16.3 Å². The number of hydrogen-bond acceptors (Lipinski definition) is 4. The molecule has 23 heavy (non-hydrogen) atoms. The Balaban J connectivity index is 2.29. The van der Waals surface area contributed by atoms with Crippen LogP contribution in [0.15, 0.2) is 46.8 Å². The van der Waals surface area contributed by atoms with Crippen molar-refractivity contribution in [2.24, 2.45) is 0 Å². The van der Waals surface area contributed by atoms with Crippen molar-refractivity contribution >= 4 is 27.1 Å². The summed E-state index contributed by atoms with van der Waals surface area (Å²) in [7, 11) is -4.38. The molecular formula is C16H16N2O3S2. The smallest absolute Gasteiger partial charge is 0.295 e. The fraction of sp³-hybridized carbons (Fsp3) is 0.125. The Bertz CT molecular complexity index is 985. The summed E-state index contributed by atoms with van der Waals surface area (Å²) in [6.45, 7) is 3.94. The van der Waals surface area contributed by atoms with E-state index in [1.54, 1.807) is 23.5 Å². The lowest BCUT2D eigenvalue weighted by molar-refractivity contribution is 0.483. The van der Waals surface area contributed by atoms with Crippen LogP contribution in [0.5, 0.6) is 0 Å². The number of nitrogen functional groups attached to an aromatic ring is 1. The average Bonchev–Trinajstić information content (AvgIpc) is 3.03. The first kappa shape index (κ1) is 15.8. The molecule has 0 saturated carbocycles. The third-order valence-electron chi connectivity index (χ3n) is 3.47. The number of rotatable bonds is 3. The second kappa shape index (κ2) is 5.52. The van der Waals surface area contributed by atoms with E-state index < -0.39 is 10.1 Å². The number of benzene rings is 1.